The van der Waals surface area contributed by atoms with Crippen LogP contribution in [0.1, 0.15) is 13.8 Å². The van der Waals surface area contributed by atoms with Gasteiger partial charge in [0.15, 0.2) is 0 Å². The summed E-state index contributed by atoms with van der Waals surface area (Å²) in [5.74, 6) is -0.0643. The van der Waals surface area contributed by atoms with Crippen LogP contribution in [0.15, 0.2) is 29.2 Å². The Balaban J connectivity index is 2.59. The number of phenols is 1. The Morgan fingerprint density at radius 3 is 2.12 bits per heavy atom. The lowest BCUT2D eigenvalue weighted by Gasteiger charge is -2.09. The molecule has 0 aliphatic heterocycles. The molecule has 1 aromatic rings. The zero-order chi connectivity index (χ0) is 12.1. The van der Waals surface area contributed by atoms with E-state index in [0.717, 1.165) is 4.90 Å². The zero-order valence-corrected chi connectivity index (χ0v) is 10.1. The largest absolute Gasteiger partial charge is 0.508 e. The normalized spacial score (nSPS) is 10.4. The quantitative estimate of drug-likeness (QED) is 0.631. The van der Waals surface area contributed by atoms with Crippen molar-refractivity contribution in [2.75, 3.05) is 5.75 Å². The molecule has 0 saturated heterocycles. The van der Waals surface area contributed by atoms with Gasteiger partial charge in [-0.3, -0.25) is 9.59 Å². The smallest absolute Gasteiger partial charge is 0.141 e. The fraction of sp³-hybridized carbons (Fsp3) is 0.333. The topological polar surface area (TPSA) is 54.4 Å². The Morgan fingerprint density at radius 2 is 1.69 bits per heavy atom. The highest BCUT2D eigenvalue weighted by Gasteiger charge is 2.19. The molecule has 0 unspecified atom stereocenters. The van der Waals surface area contributed by atoms with Crippen molar-refractivity contribution in [3.63, 3.8) is 0 Å². The monoisotopic (exact) mass is 238 g/mol. The summed E-state index contributed by atoms with van der Waals surface area (Å²) in [6.07, 6.45) is 0. The van der Waals surface area contributed by atoms with E-state index in [4.69, 9.17) is 5.11 Å². The second kappa shape index (κ2) is 5.70. The van der Waals surface area contributed by atoms with E-state index in [9.17, 15) is 9.59 Å². The summed E-state index contributed by atoms with van der Waals surface area (Å²) < 4.78 is 0. The van der Waals surface area contributed by atoms with Gasteiger partial charge < -0.3 is 5.11 Å². The predicted octanol–water partition coefficient (Wildman–Crippen LogP) is 2.28. The summed E-state index contributed by atoms with van der Waals surface area (Å²) in [6, 6.07) is 6.69. The molecular weight excluding hydrogens is 224 g/mol. The lowest BCUT2D eigenvalue weighted by molar-refractivity contribution is -0.129. The van der Waals surface area contributed by atoms with Crippen LogP contribution in [0.2, 0.25) is 0 Å². The van der Waals surface area contributed by atoms with Gasteiger partial charge in [0.2, 0.25) is 0 Å². The molecule has 0 atom stereocenters. The van der Waals surface area contributed by atoms with Crippen LogP contribution in [0.25, 0.3) is 0 Å². The minimum Gasteiger partial charge on any atom is -0.508 e. The van der Waals surface area contributed by atoms with E-state index in [1.165, 1.54) is 25.6 Å². The van der Waals surface area contributed by atoms with E-state index in [1.807, 2.05) is 0 Å². The third-order valence-electron chi connectivity index (χ3n) is 2.23. The molecule has 86 valence electrons. The van der Waals surface area contributed by atoms with Crippen molar-refractivity contribution < 1.29 is 14.7 Å². The third kappa shape index (κ3) is 3.70. The van der Waals surface area contributed by atoms with Crippen LogP contribution >= 0.6 is 11.8 Å². The van der Waals surface area contributed by atoms with Crippen molar-refractivity contribution in [1.29, 1.82) is 0 Å². The molecule has 0 aliphatic carbocycles. The van der Waals surface area contributed by atoms with Gasteiger partial charge in [-0.05, 0) is 38.1 Å². The van der Waals surface area contributed by atoms with Crippen LogP contribution in [0, 0.1) is 5.92 Å². The van der Waals surface area contributed by atoms with E-state index in [1.54, 1.807) is 24.3 Å². The molecule has 0 heterocycles. The lowest BCUT2D eigenvalue weighted by Crippen LogP contribution is -2.21. The first-order chi connectivity index (χ1) is 7.50. The second-order valence-corrected chi connectivity index (χ2v) is 4.67. The lowest BCUT2D eigenvalue weighted by atomic mass is 10.0. The van der Waals surface area contributed by atoms with Gasteiger partial charge in [0.05, 0.1) is 5.92 Å². The van der Waals surface area contributed by atoms with Crippen molar-refractivity contribution in [1.82, 2.24) is 0 Å². The minimum atomic E-state index is -0.529. The Labute approximate surface area is 98.9 Å². The molecule has 0 aliphatic rings. The SMILES string of the molecule is CC(=O)C(CSc1ccc(O)cc1)C(C)=O. The van der Waals surface area contributed by atoms with E-state index in [-0.39, 0.29) is 17.3 Å². The maximum Gasteiger partial charge on any atom is 0.141 e. The first kappa shape index (κ1) is 12.8. The summed E-state index contributed by atoms with van der Waals surface area (Å²) in [4.78, 5) is 23.3. The van der Waals surface area contributed by atoms with Crippen LogP contribution in [0.5, 0.6) is 5.75 Å². The Hall–Kier alpha value is -1.29. The van der Waals surface area contributed by atoms with Crippen LogP contribution in [-0.2, 0) is 9.59 Å². The highest BCUT2D eigenvalue weighted by atomic mass is 32.2. The standard InChI is InChI=1S/C12H14O3S/c1-8(13)12(9(2)14)7-16-11-5-3-10(15)4-6-11/h3-6,12,15H,7H2,1-2H3. The summed E-state index contributed by atoms with van der Waals surface area (Å²) >= 11 is 1.44. The molecule has 4 heteroatoms. The number of hydrogen-bond donors (Lipinski definition) is 1. The molecule has 0 bridgehead atoms. The van der Waals surface area contributed by atoms with Crippen LogP contribution in [0.4, 0.5) is 0 Å². The molecule has 0 amide bonds. The Morgan fingerprint density at radius 1 is 1.19 bits per heavy atom. The van der Waals surface area contributed by atoms with Crippen molar-refractivity contribution in [3.8, 4) is 5.75 Å². The Kier molecular flexibility index (Phi) is 4.55. The van der Waals surface area contributed by atoms with Crippen molar-refractivity contribution in [2.45, 2.75) is 18.7 Å². The molecule has 0 fully saturated rings. The number of hydrogen-bond acceptors (Lipinski definition) is 4. The van der Waals surface area contributed by atoms with Gasteiger partial charge in [0, 0.05) is 10.6 Å². The molecule has 0 spiro atoms. The fourth-order valence-electron chi connectivity index (χ4n) is 1.24. The summed E-state index contributed by atoms with van der Waals surface area (Å²) in [5, 5.41) is 9.09. The highest BCUT2D eigenvalue weighted by Crippen LogP contribution is 2.23. The number of phenolic OH excluding ortho intramolecular Hbond substituents is 1. The highest BCUT2D eigenvalue weighted by molar-refractivity contribution is 7.99. The molecule has 0 aromatic heterocycles. The van der Waals surface area contributed by atoms with Gasteiger partial charge in [-0.2, -0.15) is 0 Å². The van der Waals surface area contributed by atoms with E-state index < -0.39 is 5.92 Å². The van der Waals surface area contributed by atoms with E-state index >= 15 is 0 Å². The number of carbonyl (C=O) groups excluding carboxylic acids is 2. The number of thioether (sulfide) groups is 1. The van der Waals surface area contributed by atoms with Gasteiger partial charge in [-0.15, -0.1) is 11.8 Å². The van der Waals surface area contributed by atoms with Gasteiger partial charge in [0.1, 0.15) is 17.3 Å². The average Bonchev–Trinajstić information content (AvgIpc) is 2.20. The minimum absolute atomic E-state index is 0.0984. The molecular formula is C12H14O3S. The van der Waals surface area contributed by atoms with Gasteiger partial charge >= 0.3 is 0 Å². The molecule has 1 aromatic carbocycles. The molecule has 1 rings (SSSR count). The predicted molar refractivity (Wildman–Crippen MR) is 63.7 cm³/mol. The maximum atomic E-state index is 11.2. The number of carbonyl (C=O) groups is 2. The molecule has 16 heavy (non-hydrogen) atoms. The third-order valence-corrected chi connectivity index (χ3v) is 3.34. The second-order valence-electron chi connectivity index (χ2n) is 3.58. The van der Waals surface area contributed by atoms with Gasteiger partial charge in [-0.1, -0.05) is 0 Å². The number of benzene rings is 1. The van der Waals surface area contributed by atoms with Gasteiger partial charge in [0.25, 0.3) is 0 Å². The molecule has 3 nitrogen and oxygen atoms in total. The zero-order valence-electron chi connectivity index (χ0n) is 9.27. The van der Waals surface area contributed by atoms with E-state index in [0.29, 0.717) is 5.75 Å². The molecule has 0 saturated carbocycles. The van der Waals surface area contributed by atoms with Crippen molar-refractivity contribution in [3.05, 3.63) is 24.3 Å². The summed E-state index contributed by atoms with van der Waals surface area (Å²) in [6.45, 7) is 2.87. The first-order valence-corrected chi connectivity index (χ1v) is 5.92. The van der Waals surface area contributed by atoms with Gasteiger partial charge in [-0.25, -0.2) is 0 Å². The molecule has 0 radical (unpaired) electrons. The van der Waals surface area contributed by atoms with E-state index in [2.05, 4.69) is 0 Å². The summed E-state index contributed by atoms with van der Waals surface area (Å²) in [7, 11) is 0. The van der Waals surface area contributed by atoms with Crippen LogP contribution in [-0.4, -0.2) is 22.4 Å². The number of rotatable bonds is 5. The fourth-order valence-corrected chi connectivity index (χ4v) is 2.40. The van der Waals surface area contributed by atoms with Crippen molar-refractivity contribution in [2.24, 2.45) is 5.92 Å². The average molecular weight is 238 g/mol. The number of ketones is 2. The molecule has 1 N–H and O–H groups in total. The maximum absolute atomic E-state index is 11.2. The Bertz CT molecular complexity index is 370. The first-order valence-electron chi connectivity index (χ1n) is 4.93. The number of Topliss-reactive ketones (excluding diaryl/α,β-unsaturated/α-hetero) is 2. The number of aromatic hydroxyl groups is 1. The summed E-state index contributed by atoms with van der Waals surface area (Å²) in [5.41, 5.74) is 0. The van der Waals surface area contributed by atoms with Crippen LogP contribution < -0.4 is 0 Å². The van der Waals surface area contributed by atoms with Crippen molar-refractivity contribution >= 4 is 23.3 Å². The van der Waals surface area contributed by atoms with Crippen LogP contribution in [0.3, 0.4) is 0 Å².